The first-order valence-corrected chi connectivity index (χ1v) is 4.12. The smallest absolute Gasteiger partial charge is 0.132 e. The normalized spacial score (nSPS) is 9.50. The van der Waals surface area contributed by atoms with Gasteiger partial charge in [0.15, 0.2) is 0 Å². The second-order valence-corrected chi connectivity index (χ2v) is 3.30. The van der Waals surface area contributed by atoms with E-state index in [0.29, 0.717) is 0 Å². The maximum Gasteiger partial charge on any atom is 0.132 e. The van der Waals surface area contributed by atoms with Crippen LogP contribution in [0.3, 0.4) is 0 Å². The Balaban J connectivity index is 3.07. The molecule has 1 nitrogen and oxygen atoms in total. The minimum atomic E-state index is 0.950. The van der Waals surface area contributed by atoms with Gasteiger partial charge in [0.05, 0.1) is 10.7 Å². The number of hydrogen-bond acceptors (Lipinski definition) is 1. The topological polar surface area (TPSA) is 9.23 Å². The highest BCUT2D eigenvalue weighted by atomic mass is 127. The molecule has 0 N–H and O–H groups in total. The fourth-order valence-corrected chi connectivity index (χ4v) is 1.66. The molecule has 2 heteroatoms. The summed E-state index contributed by atoms with van der Waals surface area (Å²) in [6.07, 6.45) is 0. The van der Waals surface area contributed by atoms with E-state index in [-0.39, 0.29) is 0 Å². The lowest BCUT2D eigenvalue weighted by atomic mass is 10.2. The fourth-order valence-electron chi connectivity index (χ4n) is 0.771. The highest BCUT2D eigenvalue weighted by Gasteiger charge is 1.96. The molecule has 0 fully saturated rings. The molecule has 0 aliphatic heterocycles. The summed E-state index contributed by atoms with van der Waals surface area (Å²) in [5.74, 6) is 0.950. The third kappa shape index (κ3) is 1.62. The number of hydrogen-bond donors (Lipinski definition) is 0. The Morgan fingerprint density at radius 2 is 2.10 bits per heavy atom. The van der Waals surface area contributed by atoms with Gasteiger partial charge in [0.2, 0.25) is 0 Å². The zero-order chi connectivity index (χ0) is 7.56. The van der Waals surface area contributed by atoms with Gasteiger partial charge in [-0.1, -0.05) is 6.07 Å². The van der Waals surface area contributed by atoms with Crippen molar-refractivity contribution in [1.29, 1.82) is 0 Å². The Morgan fingerprint density at radius 3 is 2.60 bits per heavy atom. The zero-order valence-electron chi connectivity index (χ0n) is 6.02. The summed E-state index contributed by atoms with van der Waals surface area (Å²) in [5, 5.41) is 0. The summed E-state index contributed by atoms with van der Waals surface area (Å²) in [4.78, 5) is 0. The third-order valence-electron chi connectivity index (χ3n) is 1.31. The highest BCUT2D eigenvalue weighted by molar-refractivity contribution is 14.1. The first kappa shape index (κ1) is 7.85. The molecule has 1 aromatic rings. The Bertz CT molecular complexity index is 233. The van der Waals surface area contributed by atoms with Gasteiger partial charge in [-0.05, 0) is 47.2 Å². The lowest BCUT2D eigenvalue weighted by molar-refractivity contribution is 0.411. The zero-order valence-corrected chi connectivity index (χ0v) is 8.18. The van der Waals surface area contributed by atoms with E-state index in [1.807, 2.05) is 12.1 Å². The van der Waals surface area contributed by atoms with Gasteiger partial charge in [0, 0.05) is 0 Å². The fraction of sp³-hybridized carbons (Fsp3) is 0.250. The van der Waals surface area contributed by atoms with Crippen molar-refractivity contribution < 1.29 is 4.74 Å². The van der Waals surface area contributed by atoms with Crippen LogP contribution >= 0.6 is 22.6 Å². The number of benzene rings is 1. The van der Waals surface area contributed by atoms with Gasteiger partial charge >= 0.3 is 0 Å². The summed E-state index contributed by atoms with van der Waals surface area (Å²) in [6.45, 7) is 2.07. The van der Waals surface area contributed by atoms with Crippen molar-refractivity contribution in [3.05, 3.63) is 27.3 Å². The van der Waals surface area contributed by atoms with Crippen LogP contribution in [0, 0.1) is 10.5 Å². The van der Waals surface area contributed by atoms with Crippen LogP contribution in [0.5, 0.6) is 5.75 Å². The van der Waals surface area contributed by atoms with Crippen LogP contribution in [-0.2, 0) is 0 Å². The average molecular weight is 248 g/mol. The number of rotatable bonds is 1. The van der Waals surface area contributed by atoms with Crippen LogP contribution in [0.15, 0.2) is 18.2 Å². The van der Waals surface area contributed by atoms with Crippen LogP contribution in [0.2, 0.25) is 0 Å². The van der Waals surface area contributed by atoms with E-state index in [9.17, 15) is 0 Å². The molecule has 1 rings (SSSR count). The number of methoxy groups -OCH3 is 1. The van der Waals surface area contributed by atoms with Crippen molar-refractivity contribution in [3.8, 4) is 5.75 Å². The van der Waals surface area contributed by atoms with Crippen molar-refractivity contribution in [2.45, 2.75) is 6.92 Å². The van der Waals surface area contributed by atoms with Crippen LogP contribution in [0.25, 0.3) is 0 Å². The molecule has 0 saturated carbocycles. The van der Waals surface area contributed by atoms with Gasteiger partial charge in [0.1, 0.15) is 5.75 Å². The second kappa shape index (κ2) is 3.23. The van der Waals surface area contributed by atoms with E-state index in [4.69, 9.17) is 4.74 Å². The van der Waals surface area contributed by atoms with Gasteiger partial charge in [0.25, 0.3) is 0 Å². The van der Waals surface area contributed by atoms with E-state index in [1.54, 1.807) is 7.11 Å². The molecule has 0 aliphatic carbocycles. The molecular formula is C8H9IO. The Labute approximate surface area is 74.5 Å². The molecule has 54 valence electrons. The first-order valence-electron chi connectivity index (χ1n) is 3.04. The van der Waals surface area contributed by atoms with Crippen molar-refractivity contribution in [2.24, 2.45) is 0 Å². The summed E-state index contributed by atoms with van der Waals surface area (Å²) in [5.41, 5.74) is 1.27. The minimum Gasteiger partial charge on any atom is -0.496 e. The van der Waals surface area contributed by atoms with Crippen molar-refractivity contribution in [2.75, 3.05) is 7.11 Å². The monoisotopic (exact) mass is 248 g/mol. The quantitative estimate of drug-likeness (QED) is 0.694. The standard InChI is InChI=1S/C8H9IO/c1-6-3-4-8(10-2)7(9)5-6/h3-5H,1-2H3. The number of aryl methyl sites for hydroxylation is 1. The molecule has 1 aromatic carbocycles. The predicted molar refractivity (Wildman–Crippen MR) is 50.4 cm³/mol. The Hall–Kier alpha value is -0.250. The lowest BCUT2D eigenvalue weighted by Crippen LogP contribution is -1.86. The van der Waals surface area contributed by atoms with Gasteiger partial charge in [-0.3, -0.25) is 0 Å². The van der Waals surface area contributed by atoms with Gasteiger partial charge < -0.3 is 4.74 Å². The largest absolute Gasteiger partial charge is 0.496 e. The molecule has 0 amide bonds. The summed E-state index contributed by atoms with van der Waals surface area (Å²) in [6, 6.07) is 6.12. The van der Waals surface area contributed by atoms with Crippen LogP contribution < -0.4 is 4.74 Å². The van der Waals surface area contributed by atoms with E-state index in [0.717, 1.165) is 5.75 Å². The molecule has 0 bridgehead atoms. The number of ether oxygens (including phenoxy) is 1. The molecular weight excluding hydrogens is 239 g/mol. The van der Waals surface area contributed by atoms with E-state index in [1.165, 1.54) is 9.13 Å². The predicted octanol–water partition coefficient (Wildman–Crippen LogP) is 2.61. The molecule has 0 radical (unpaired) electrons. The molecule has 0 aromatic heterocycles. The second-order valence-electron chi connectivity index (χ2n) is 2.14. The van der Waals surface area contributed by atoms with Crippen molar-refractivity contribution >= 4 is 22.6 Å². The molecule has 0 atom stereocenters. The SMILES string of the molecule is COc1ccc(C)cc1I. The number of halogens is 1. The Morgan fingerprint density at radius 1 is 1.40 bits per heavy atom. The van der Waals surface area contributed by atoms with Crippen molar-refractivity contribution in [1.82, 2.24) is 0 Å². The van der Waals surface area contributed by atoms with Gasteiger partial charge in [-0.25, -0.2) is 0 Å². The molecule has 0 unspecified atom stereocenters. The molecule has 0 spiro atoms. The van der Waals surface area contributed by atoms with Crippen molar-refractivity contribution in [3.63, 3.8) is 0 Å². The Kier molecular flexibility index (Phi) is 2.54. The maximum atomic E-state index is 5.09. The third-order valence-corrected chi connectivity index (χ3v) is 2.15. The van der Waals surface area contributed by atoms with E-state index < -0.39 is 0 Å². The summed E-state index contributed by atoms with van der Waals surface area (Å²) in [7, 11) is 1.69. The summed E-state index contributed by atoms with van der Waals surface area (Å²) >= 11 is 2.26. The van der Waals surface area contributed by atoms with Crippen LogP contribution in [0.4, 0.5) is 0 Å². The van der Waals surface area contributed by atoms with Crippen LogP contribution in [0.1, 0.15) is 5.56 Å². The molecule has 10 heavy (non-hydrogen) atoms. The molecule has 0 saturated heterocycles. The first-order chi connectivity index (χ1) is 4.74. The van der Waals surface area contributed by atoms with Crippen LogP contribution in [-0.4, -0.2) is 7.11 Å². The average Bonchev–Trinajstić information content (AvgIpc) is 1.88. The van der Waals surface area contributed by atoms with E-state index in [2.05, 4.69) is 35.6 Å². The molecule has 0 heterocycles. The maximum absolute atomic E-state index is 5.09. The van der Waals surface area contributed by atoms with Gasteiger partial charge in [-0.2, -0.15) is 0 Å². The minimum absolute atomic E-state index is 0.950. The highest BCUT2D eigenvalue weighted by Crippen LogP contribution is 2.20. The molecule has 0 aliphatic rings. The lowest BCUT2D eigenvalue weighted by Gasteiger charge is -2.02. The van der Waals surface area contributed by atoms with Gasteiger partial charge in [-0.15, -0.1) is 0 Å². The summed E-state index contributed by atoms with van der Waals surface area (Å²) < 4.78 is 6.26. The van der Waals surface area contributed by atoms with E-state index >= 15 is 0 Å².